The molecular weight excluding hydrogens is 174 g/mol. The summed E-state index contributed by atoms with van der Waals surface area (Å²) in [6.07, 6.45) is 2.74. The van der Waals surface area contributed by atoms with Crippen LogP contribution >= 0.6 is 0 Å². The third kappa shape index (κ3) is 2.74. The minimum absolute atomic E-state index is 0.131. The van der Waals surface area contributed by atoms with Crippen LogP contribution in [0.2, 0.25) is 0 Å². The van der Waals surface area contributed by atoms with Crippen LogP contribution in [-0.2, 0) is 6.42 Å². The van der Waals surface area contributed by atoms with E-state index in [1.54, 1.807) is 12.1 Å². The third-order valence-corrected chi connectivity index (χ3v) is 2.87. The summed E-state index contributed by atoms with van der Waals surface area (Å²) in [4.78, 5) is 0. The predicted molar refractivity (Wildman–Crippen MR) is 59.3 cm³/mol. The van der Waals surface area contributed by atoms with Crippen molar-refractivity contribution in [3.63, 3.8) is 0 Å². The first-order chi connectivity index (χ1) is 6.59. The molecule has 0 unspecified atom stereocenters. The molecule has 0 fully saturated rings. The van der Waals surface area contributed by atoms with Crippen molar-refractivity contribution in [2.24, 2.45) is 5.73 Å². The molecule has 2 nitrogen and oxygen atoms in total. The Kier molecular flexibility index (Phi) is 3.53. The van der Waals surface area contributed by atoms with Crippen molar-refractivity contribution in [3.8, 4) is 5.75 Å². The lowest BCUT2D eigenvalue weighted by Crippen LogP contribution is -2.40. The number of phenolic OH excluding ortho intramolecular Hbond substituents is 1. The van der Waals surface area contributed by atoms with Gasteiger partial charge in [-0.05, 0) is 37.0 Å². The summed E-state index contributed by atoms with van der Waals surface area (Å²) < 4.78 is 0. The van der Waals surface area contributed by atoms with Gasteiger partial charge in [-0.2, -0.15) is 0 Å². The maximum absolute atomic E-state index is 9.31. The van der Waals surface area contributed by atoms with Gasteiger partial charge in [0.25, 0.3) is 0 Å². The summed E-state index contributed by atoms with van der Waals surface area (Å²) in [6.45, 7) is 4.21. The average molecular weight is 193 g/mol. The molecule has 1 aromatic carbocycles. The Morgan fingerprint density at radius 1 is 1.29 bits per heavy atom. The molecule has 0 atom stereocenters. The van der Waals surface area contributed by atoms with Crippen LogP contribution in [0.1, 0.15) is 32.3 Å². The summed E-state index contributed by atoms with van der Waals surface area (Å²) in [5.41, 5.74) is 7.17. The summed E-state index contributed by atoms with van der Waals surface area (Å²) in [6, 6.07) is 7.33. The maximum Gasteiger partial charge on any atom is 0.115 e. The van der Waals surface area contributed by atoms with Gasteiger partial charge in [-0.3, -0.25) is 0 Å². The van der Waals surface area contributed by atoms with Crippen LogP contribution in [0.4, 0.5) is 0 Å². The molecule has 78 valence electrons. The van der Waals surface area contributed by atoms with E-state index in [1.807, 2.05) is 12.1 Å². The van der Waals surface area contributed by atoms with Gasteiger partial charge in [0, 0.05) is 5.54 Å². The molecule has 0 radical (unpaired) electrons. The van der Waals surface area contributed by atoms with Gasteiger partial charge < -0.3 is 10.8 Å². The Hall–Kier alpha value is -1.02. The highest BCUT2D eigenvalue weighted by atomic mass is 16.3. The molecule has 0 aliphatic rings. The smallest absolute Gasteiger partial charge is 0.115 e. The molecule has 14 heavy (non-hydrogen) atoms. The second-order valence-corrected chi connectivity index (χ2v) is 3.92. The zero-order valence-electron chi connectivity index (χ0n) is 8.96. The Labute approximate surface area is 85.8 Å². The Morgan fingerprint density at radius 2 is 1.93 bits per heavy atom. The van der Waals surface area contributed by atoms with Gasteiger partial charge >= 0.3 is 0 Å². The number of hydrogen-bond acceptors (Lipinski definition) is 2. The number of phenols is 1. The van der Waals surface area contributed by atoms with E-state index in [-0.39, 0.29) is 5.54 Å². The fourth-order valence-electron chi connectivity index (χ4n) is 1.57. The molecule has 0 amide bonds. The summed E-state index contributed by atoms with van der Waals surface area (Å²) in [5.74, 6) is 0.317. The van der Waals surface area contributed by atoms with E-state index in [9.17, 15) is 5.11 Å². The number of nitrogens with two attached hydrogens (primary N) is 1. The van der Waals surface area contributed by atoms with Gasteiger partial charge in [0.2, 0.25) is 0 Å². The molecule has 0 saturated carbocycles. The van der Waals surface area contributed by atoms with Gasteiger partial charge in [-0.25, -0.2) is 0 Å². The largest absolute Gasteiger partial charge is 0.508 e. The number of hydrogen-bond donors (Lipinski definition) is 2. The van der Waals surface area contributed by atoms with Crippen molar-refractivity contribution in [2.45, 2.75) is 38.6 Å². The maximum atomic E-state index is 9.31. The van der Waals surface area contributed by atoms with Gasteiger partial charge in [-0.15, -0.1) is 0 Å². The molecule has 0 heterocycles. The van der Waals surface area contributed by atoms with E-state index in [2.05, 4.69) is 13.8 Å². The Bertz CT molecular complexity index is 292. The number of rotatable bonds is 4. The summed E-state index contributed by atoms with van der Waals surface area (Å²) >= 11 is 0. The van der Waals surface area contributed by atoms with Crippen molar-refractivity contribution in [1.82, 2.24) is 0 Å². The molecule has 1 aromatic rings. The van der Waals surface area contributed by atoms with Crippen LogP contribution in [0, 0.1) is 0 Å². The topological polar surface area (TPSA) is 46.2 Å². The molecule has 0 bridgehead atoms. The van der Waals surface area contributed by atoms with E-state index < -0.39 is 0 Å². The average Bonchev–Trinajstić information content (AvgIpc) is 2.18. The van der Waals surface area contributed by atoms with E-state index in [4.69, 9.17) is 5.73 Å². The lowest BCUT2D eigenvalue weighted by Gasteiger charge is -2.26. The fourth-order valence-corrected chi connectivity index (χ4v) is 1.57. The molecule has 0 aliphatic heterocycles. The molecule has 0 saturated heterocycles. The van der Waals surface area contributed by atoms with Crippen LogP contribution in [0.3, 0.4) is 0 Å². The number of aromatic hydroxyl groups is 1. The highest BCUT2D eigenvalue weighted by Crippen LogP contribution is 2.20. The second kappa shape index (κ2) is 4.47. The molecule has 0 spiro atoms. The van der Waals surface area contributed by atoms with Crippen LogP contribution in [0.15, 0.2) is 24.3 Å². The lowest BCUT2D eigenvalue weighted by atomic mass is 9.87. The second-order valence-electron chi connectivity index (χ2n) is 3.92. The molecule has 0 aromatic heterocycles. The van der Waals surface area contributed by atoms with Crippen molar-refractivity contribution < 1.29 is 5.11 Å². The minimum Gasteiger partial charge on any atom is -0.508 e. The predicted octanol–water partition coefficient (Wildman–Crippen LogP) is 2.45. The number of benzene rings is 1. The lowest BCUT2D eigenvalue weighted by molar-refractivity contribution is 0.392. The van der Waals surface area contributed by atoms with Crippen LogP contribution < -0.4 is 5.73 Å². The van der Waals surface area contributed by atoms with Crippen molar-refractivity contribution >= 4 is 0 Å². The SMILES string of the molecule is CCC(N)(CC)Cc1cccc(O)c1. The van der Waals surface area contributed by atoms with Crippen molar-refractivity contribution in [2.75, 3.05) is 0 Å². The summed E-state index contributed by atoms with van der Waals surface area (Å²) in [5, 5.41) is 9.31. The fraction of sp³-hybridized carbons (Fsp3) is 0.500. The normalized spacial score (nSPS) is 11.6. The van der Waals surface area contributed by atoms with Gasteiger partial charge in [-0.1, -0.05) is 26.0 Å². The summed E-state index contributed by atoms with van der Waals surface area (Å²) in [7, 11) is 0. The van der Waals surface area contributed by atoms with Crippen LogP contribution in [0.25, 0.3) is 0 Å². The van der Waals surface area contributed by atoms with E-state index in [1.165, 1.54) is 0 Å². The van der Waals surface area contributed by atoms with Gasteiger partial charge in [0.05, 0.1) is 0 Å². The zero-order chi connectivity index (χ0) is 10.6. The first-order valence-electron chi connectivity index (χ1n) is 5.16. The molecule has 2 heteroatoms. The first-order valence-corrected chi connectivity index (χ1v) is 5.16. The first kappa shape index (κ1) is 11.1. The van der Waals surface area contributed by atoms with E-state index >= 15 is 0 Å². The Morgan fingerprint density at radius 3 is 2.43 bits per heavy atom. The van der Waals surface area contributed by atoms with Crippen molar-refractivity contribution in [1.29, 1.82) is 0 Å². The highest BCUT2D eigenvalue weighted by molar-refractivity contribution is 5.28. The molecule has 1 rings (SSSR count). The molecule has 0 aliphatic carbocycles. The molecular formula is C12H19NO. The zero-order valence-corrected chi connectivity index (χ0v) is 8.96. The van der Waals surface area contributed by atoms with Gasteiger partial charge in [0.1, 0.15) is 5.75 Å². The third-order valence-electron chi connectivity index (χ3n) is 2.87. The van der Waals surface area contributed by atoms with E-state index in [0.717, 1.165) is 24.8 Å². The quantitative estimate of drug-likeness (QED) is 0.771. The van der Waals surface area contributed by atoms with Gasteiger partial charge in [0.15, 0.2) is 0 Å². The van der Waals surface area contributed by atoms with Crippen LogP contribution in [-0.4, -0.2) is 10.6 Å². The standard InChI is InChI=1S/C12H19NO/c1-3-12(13,4-2)9-10-6-5-7-11(14)8-10/h5-8,14H,3-4,9,13H2,1-2H3. The monoisotopic (exact) mass is 193 g/mol. The van der Waals surface area contributed by atoms with Crippen LogP contribution in [0.5, 0.6) is 5.75 Å². The highest BCUT2D eigenvalue weighted by Gasteiger charge is 2.20. The van der Waals surface area contributed by atoms with E-state index in [0.29, 0.717) is 5.75 Å². The van der Waals surface area contributed by atoms with Crippen molar-refractivity contribution in [3.05, 3.63) is 29.8 Å². The minimum atomic E-state index is -0.131. The molecule has 3 N–H and O–H groups in total. The Balaban J connectivity index is 2.77.